The number of halogens is 3. The molecular formula is C24H23F3N2O3S. The summed E-state index contributed by atoms with van der Waals surface area (Å²) in [5, 5.41) is 14.3. The second kappa shape index (κ2) is 8.87. The Balaban J connectivity index is 1.47. The number of rotatable bonds is 6. The van der Waals surface area contributed by atoms with Gasteiger partial charge in [-0.25, -0.2) is 4.98 Å². The summed E-state index contributed by atoms with van der Waals surface area (Å²) < 4.78 is 47.9. The highest BCUT2D eigenvalue weighted by Gasteiger charge is 2.31. The lowest BCUT2D eigenvalue weighted by Gasteiger charge is -2.29. The Bertz CT molecular complexity index is 1130. The van der Waals surface area contributed by atoms with E-state index in [0.717, 1.165) is 65.9 Å². The van der Waals surface area contributed by atoms with Crippen LogP contribution in [0.3, 0.4) is 0 Å². The Morgan fingerprint density at radius 3 is 2.48 bits per heavy atom. The first-order chi connectivity index (χ1) is 15.9. The maximum atomic E-state index is 12.5. The first-order valence-electron chi connectivity index (χ1n) is 11.0. The topological polar surface area (TPSA) is 63.6 Å². The molecular weight excluding hydrogens is 453 g/mol. The maximum Gasteiger partial charge on any atom is 0.573 e. The minimum absolute atomic E-state index is 0.103. The molecule has 2 aliphatic rings. The first kappa shape index (κ1) is 22.0. The summed E-state index contributed by atoms with van der Waals surface area (Å²) in [6.45, 7) is 0. The van der Waals surface area contributed by atoms with Crippen LogP contribution in [0.4, 0.5) is 24.0 Å². The fraction of sp³-hybridized carbons (Fsp3) is 0.375. The molecule has 174 valence electrons. The summed E-state index contributed by atoms with van der Waals surface area (Å²) in [4.78, 5) is 5.70. The normalized spacial score (nSPS) is 18.4. The van der Waals surface area contributed by atoms with Crippen LogP contribution in [0.15, 0.2) is 42.5 Å². The van der Waals surface area contributed by atoms with E-state index in [2.05, 4.69) is 15.0 Å². The number of alkyl halides is 3. The van der Waals surface area contributed by atoms with Crippen LogP contribution in [0.2, 0.25) is 0 Å². The zero-order chi connectivity index (χ0) is 23.0. The molecule has 1 unspecified atom stereocenters. The van der Waals surface area contributed by atoms with Crippen LogP contribution in [0.1, 0.15) is 48.8 Å². The predicted octanol–water partition coefficient (Wildman–Crippen LogP) is 6.75. The highest BCUT2D eigenvalue weighted by molar-refractivity contribution is 7.15. The molecule has 0 spiro atoms. The van der Waals surface area contributed by atoms with Gasteiger partial charge in [0.2, 0.25) is 0 Å². The summed E-state index contributed by atoms with van der Waals surface area (Å²) in [6, 6.07) is 11.4. The number of nitrogens with one attached hydrogen (secondary N) is 1. The second-order valence-corrected chi connectivity index (χ2v) is 9.37. The van der Waals surface area contributed by atoms with Crippen LogP contribution in [0.25, 0.3) is 11.1 Å². The smallest absolute Gasteiger partial charge is 0.488 e. The van der Waals surface area contributed by atoms with Crippen molar-refractivity contribution in [2.75, 3.05) is 5.32 Å². The number of aryl methyl sites for hydroxylation is 1. The van der Waals surface area contributed by atoms with Crippen LogP contribution in [-0.2, 0) is 6.42 Å². The lowest BCUT2D eigenvalue weighted by molar-refractivity contribution is -0.274. The van der Waals surface area contributed by atoms with Crippen molar-refractivity contribution in [1.29, 1.82) is 0 Å². The van der Waals surface area contributed by atoms with Crippen LogP contribution in [-0.4, -0.2) is 22.6 Å². The fourth-order valence-corrected chi connectivity index (χ4v) is 5.12. The van der Waals surface area contributed by atoms with Crippen molar-refractivity contribution in [3.8, 4) is 22.6 Å². The van der Waals surface area contributed by atoms with E-state index < -0.39 is 12.5 Å². The van der Waals surface area contributed by atoms with Gasteiger partial charge >= 0.3 is 6.36 Å². The van der Waals surface area contributed by atoms with Gasteiger partial charge in [0.25, 0.3) is 0 Å². The van der Waals surface area contributed by atoms with Gasteiger partial charge in [0.15, 0.2) is 10.9 Å². The number of ether oxygens (including phenoxy) is 2. The number of fused-ring (bicyclic) bond motifs is 1. The number of thiazole rings is 1. The molecule has 0 bridgehead atoms. The average molecular weight is 477 g/mol. The Hall–Kier alpha value is -2.78. The van der Waals surface area contributed by atoms with Crippen molar-refractivity contribution < 1.29 is 27.8 Å². The number of anilines is 2. The monoisotopic (exact) mass is 476 g/mol. The van der Waals surface area contributed by atoms with Gasteiger partial charge in [-0.15, -0.1) is 24.5 Å². The van der Waals surface area contributed by atoms with E-state index in [9.17, 15) is 18.3 Å². The van der Waals surface area contributed by atoms with Gasteiger partial charge in [-0.05, 0) is 62.3 Å². The number of hydrogen-bond donors (Lipinski definition) is 2. The Morgan fingerprint density at radius 1 is 1.03 bits per heavy atom. The molecule has 2 aliphatic carbocycles. The van der Waals surface area contributed by atoms with Crippen LogP contribution in [0.5, 0.6) is 11.5 Å². The number of benzene rings is 2. The number of aliphatic hydroxyl groups is 1. The van der Waals surface area contributed by atoms with Crippen molar-refractivity contribution in [1.82, 2.24) is 4.98 Å². The van der Waals surface area contributed by atoms with E-state index in [4.69, 9.17) is 4.74 Å². The summed E-state index contributed by atoms with van der Waals surface area (Å²) in [6.07, 6.45) is 0.434. The van der Waals surface area contributed by atoms with Gasteiger partial charge in [-0.2, -0.15) is 0 Å². The Labute approximate surface area is 193 Å². The van der Waals surface area contributed by atoms with Crippen molar-refractivity contribution in [3.05, 3.63) is 53.0 Å². The average Bonchev–Trinajstić information content (AvgIpc) is 3.15. The molecule has 33 heavy (non-hydrogen) atoms. The summed E-state index contributed by atoms with van der Waals surface area (Å²) >= 11 is 1.53. The molecule has 1 fully saturated rings. The van der Waals surface area contributed by atoms with Gasteiger partial charge < -0.3 is 19.9 Å². The van der Waals surface area contributed by atoms with E-state index >= 15 is 0 Å². The van der Waals surface area contributed by atoms with E-state index in [1.54, 1.807) is 12.1 Å². The molecule has 9 heteroatoms. The largest absolute Gasteiger partial charge is 0.573 e. The van der Waals surface area contributed by atoms with Crippen LogP contribution >= 0.6 is 11.3 Å². The molecule has 0 saturated heterocycles. The van der Waals surface area contributed by atoms with Crippen LogP contribution in [0, 0.1) is 0 Å². The maximum absolute atomic E-state index is 12.5. The number of aliphatic hydroxyl groups excluding tert-OH is 1. The van der Waals surface area contributed by atoms with Crippen molar-refractivity contribution >= 4 is 22.2 Å². The second-order valence-electron chi connectivity index (χ2n) is 8.29. The molecule has 1 saturated carbocycles. The third kappa shape index (κ3) is 4.94. The van der Waals surface area contributed by atoms with Gasteiger partial charge in [-0.1, -0.05) is 24.3 Å². The minimum Gasteiger partial charge on any atom is -0.488 e. The lowest BCUT2D eigenvalue weighted by Crippen LogP contribution is -2.25. The highest BCUT2D eigenvalue weighted by Crippen LogP contribution is 2.43. The molecule has 2 aromatic carbocycles. The molecule has 3 aromatic rings. The third-order valence-electron chi connectivity index (χ3n) is 5.92. The molecule has 1 heterocycles. The molecule has 0 aliphatic heterocycles. The standard InChI is InChI=1S/C24H23F3N2O3S/c25-24(26,27)32-16-12-10-14(11-13-16)17-6-2-7-18(22(17)31-15-4-1-5-15)28-23-29-21-19(30)8-3-9-20(21)33-23/h2,6-7,10-13,15,19,30H,1,3-5,8-9H2,(H,28,29). The summed E-state index contributed by atoms with van der Waals surface area (Å²) in [7, 11) is 0. The summed E-state index contributed by atoms with van der Waals surface area (Å²) in [5.74, 6) is 0.370. The number of para-hydroxylation sites is 1. The van der Waals surface area contributed by atoms with Gasteiger partial charge in [-0.3, -0.25) is 0 Å². The number of aromatic nitrogens is 1. The number of hydrogen-bond acceptors (Lipinski definition) is 6. The zero-order valence-electron chi connectivity index (χ0n) is 17.7. The predicted molar refractivity (Wildman–Crippen MR) is 120 cm³/mol. The SMILES string of the molecule is OC1CCCc2sc(Nc3cccc(-c4ccc(OC(F)(F)F)cc4)c3OC3CCC3)nc21. The van der Waals surface area contributed by atoms with Crippen molar-refractivity contribution in [2.45, 2.75) is 57.1 Å². The van der Waals surface area contributed by atoms with Crippen LogP contribution < -0.4 is 14.8 Å². The van der Waals surface area contributed by atoms with Gasteiger partial charge in [0, 0.05) is 10.4 Å². The molecule has 1 atom stereocenters. The molecule has 5 nitrogen and oxygen atoms in total. The van der Waals surface area contributed by atoms with E-state index in [0.29, 0.717) is 10.9 Å². The van der Waals surface area contributed by atoms with Gasteiger partial charge in [0.1, 0.15) is 5.75 Å². The lowest BCUT2D eigenvalue weighted by atomic mass is 9.95. The molecule has 2 N–H and O–H groups in total. The highest BCUT2D eigenvalue weighted by atomic mass is 32.1. The molecule has 1 aromatic heterocycles. The first-order valence-corrected chi connectivity index (χ1v) is 11.8. The van der Waals surface area contributed by atoms with E-state index in [1.807, 2.05) is 18.2 Å². The molecule has 5 rings (SSSR count). The summed E-state index contributed by atoms with van der Waals surface area (Å²) in [5.41, 5.74) is 2.96. The fourth-order valence-electron chi connectivity index (χ4n) is 4.05. The Morgan fingerprint density at radius 2 is 1.82 bits per heavy atom. The quantitative estimate of drug-likeness (QED) is 0.412. The van der Waals surface area contributed by atoms with Crippen molar-refractivity contribution in [3.63, 3.8) is 0 Å². The van der Waals surface area contributed by atoms with E-state index in [-0.39, 0.29) is 11.9 Å². The van der Waals surface area contributed by atoms with Gasteiger partial charge in [0.05, 0.1) is 23.6 Å². The molecule has 0 radical (unpaired) electrons. The number of nitrogens with zero attached hydrogens (tertiary/aromatic N) is 1. The minimum atomic E-state index is -4.73. The molecule has 0 amide bonds. The Kier molecular flexibility index (Phi) is 5.92. The third-order valence-corrected chi connectivity index (χ3v) is 6.96. The zero-order valence-corrected chi connectivity index (χ0v) is 18.5. The van der Waals surface area contributed by atoms with E-state index in [1.165, 1.54) is 23.5 Å². The van der Waals surface area contributed by atoms with Crippen molar-refractivity contribution in [2.24, 2.45) is 0 Å².